The highest BCUT2D eigenvalue weighted by atomic mass is 79.9. The summed E-state index contributed by atoms with van der Waals surface area (Å²) in [7, 11) is 0. The van der Waals surface area contributed by atoms with Gasteiger partial charge < -0.3 is 9.73 Å². The molecule has 1 atom stereocenters. The Morgan fingerprint density at radius 1 is 1.12 bits per heavy atom. The average molecular weight is 405 g/mol. The van der Waals surface area contributed by atoms with E-state index in [0.29, 0.717) is 17.0 Å². The van der Waals surface area contributed by atoms with Crippen LogP contribution >= 0.6 is 15.9 Å². The van der Waals surface area contributed by atoms with E-state index in [0.717, 1.165) is 13.1 Å². The van der Waals surface area contributed by atoms with Gasteiger partial charge in [-0.15, -0.1) is 0 Å². The molecule has 2 aromatic rings. The van der Waals surface area contributed by atoms with Crippen LogP contribution in [0.5, 0.6) is 0 Å². The maximum absolute atomic E-state index is 12.4. The molecule has 0 aliphatic carbocycles. The summed E-state index contributed by atoms with van der Waals surface area (Å²) in [6.07, 6.45) is 5.04. The summed E-state index contributed by atoms with van der Waals surface area (Å²) in [5.41, 5.74) is 2.51. The molecule has 0 radical (unpaired) electrons. The van der Waals surface area contributed by atoms with Gasteiger partial charge in [0.05, 0.1) is 6.04 Å². The largest absolute Gasteiger partial charge is 0.444 e. The van der Waals surface area contributed by atoms with Crippen LogP contribution in [0, 0.1) is 6.92 Å². The first kappa shape index (κ1) is 18.2. The van der Waals surface area contributed by atoms with E-state index in [1.54, 1.807) is 12.1 Å². The molecule has 1 unspecified atom stereocenters. The van der Waals surface area contributed by atoms with E-state index in [1.807, 2.05) is 0 Å². The number of halogens is 1. The topological polar surface area (TPSA) is 45.5 Å². The molecule has 0 saturated carbocycles. The third kappa shape index (κ3) is 4.95. The molecule has 5 heteroatoms. The van der Waals surface area contributed by atoms with Gasteiger partial charge in [-0.25, -0.2) is 0 Å². The van der Waals surface area contributed by atoms with Crippen molar-refractivity contribution in [2.45, 2.75) is 38.6 Å². The maximum Gasteiger partial charge on any atom is 0.287 e. The molecule has 0 spiro atoms. The molecule has 1 aliphatic rings. The highest BCUT2D eigenvalue weighted by Gasteiger charge is 2.23. The van der Waals surface area contributed by atoms with Crippen molar-refractivity contribution in [1.82, 2.24) is 10.2 Å². The molecular weight excluding hydrogens is 380 g/mol. The van der Waals surface area contributed by atoms with Crippen LogP contribution in [0.25, 0.3) is 0 Å². The van der Waals surface area contributed by atoms with Crippen molar-refractivity contribution in [2.75, 3.05) is 19.6 Å². The average Bonchev–Trinajstić information content (AvgIpc) is 2.88. The second-order valence-electron chi connectivity index (χ2n) is 6.69. The van der Waals surface area contributed by atoms with E-state index in [9.17, 15) is 4.79 Å². The number of nitrogens with zero attached hydrogens (tertiary/aromatic N) is 1. The molecule has 1 amide bonds. The minimum atomic E-state index is -0.169. The normalized spacial score (nSPS) is 17.0. The highest BCUT2D eigenvalue weighted by molar-refractivity contribution is 9.10. The Bertz CT molecular complexity index is 688. The van der Waals surface area contributed by atoms with Gasteiger partial charge in [-0.05, 0) is 66.5 Å². The van der Waals surface area contributed by atoms with Gasteiger partial charge in [-0.1, -0.05) is 42.7 Å². The van der Waals surface area contributed by atoms with Gasteiger partial charge in [-0.2, -0.15) is 0 Å². The third-order valence-corrected chi connectivity index (χ3v) is 5.22. The summed E-state index contributed by atoms with van der Waals surface area (Å²) < 4.78 is 5.93. The minimum absolute atomic E-state index is 0.169. The molecule has 25 heavy (non-hydrogen) atoms. The molecule has 1 N–H and O–H groups in total. The van der Waals surface area contributed by atoms with Crippen LogP contribution in [0.2, 0.25) is 0 Å². The van der Waals surface area contributed by atoms with Crippen molar-refractivity contribution >= 4 is 21.8 Å². The number of furan rings is 1. The lowest BCUT2D eigenvalue weighted by Gasteiger charge is -2.31. The molecule has 0 bridgehead atoms. The predicted molar refractivity (Wildman–Crippen MR) is 103 cm³/mol. The molecule has 1 aromatic carbocycles. The first-order valence-corrected chi connectivity index (χ1v) is 9.77. The maximum atomic E-state index is 12.4. The van der Waals surface area contributed by atoms with Gasteiger partial charge in [-0.3, -0.25) is 9.69 Å². The zero-order valence-corrected chi connectivity index (χ0v) is 16.2. The third-order valence-electron chi connectivity index (χ3n) is 4.80. The van der Waals surface area contributed by atoms with Crippen LogP contribution in [0.4, 0.5) is 0 Å². The monoisotopic (exact) mass is 404 g/mol. The Morgan fingerprint density at radius 3 is 2.40 bits per heavy atom. The van der Waals surface area contributed by atoms with Crippen LogP contribution in [0.15, 0.2) is 45.5 Å². The quantitative estimate of drug-likeness (QED) is 0.785. The lowest BCUT2D eigenvalue weighted by Crippen LogP contribution is -2.38. The molecule has 1 fully saturated rings. The minimum Gasteiger partial charge on any atom is -0.444 e. The first-order valence-electron chi connectivity index (χ1n) is 8.97. The zero-order valence-electron chi connectivity index (χ0n) is 14.6. The van der Waals surface area contributed by atoms with Crippen molar-refractivity contribution < 1.29 is 9.21 Å². The van der Waals surface area contributed by atoms with Gasteiger partial charge in [0.25, 0.3) is 5.91 Å². The summed E-state index contributed by atoms with van der Waals surface area (Å²) in [6.45, 7) is 4.85. The fourth-order valence-corrected chi connectivity index (χ4v) is 3.67. The smallest absolute Gasteiger partial charge is 0.287 e. The van der Waals surface area contributed by atoms with Crippen molar-refractivity contribution in [1.29, 1.82) is 0 Å². The van der Waals surface area contributed by atoms with Gasteiger partial charge >= 0.3 is 0 Å². The molecule has 1 aromatic heterocycles. The Kier molecular flexibility index (Phi) is 6.32. The van der Waals surface area contributed by atoms with Crippen LogP contribution in [-0.2, 0) is 0 Å². The summed E-state index contributed by atoms with van der Waals surface area (Å²) in [6, 6.07) is 12.3. The summed E-state index contributed by atoms with van der Waals surface area (Å²) in [5.74, 6) is 0.169. The van der Waals surface area contributed by atoms with Crippen molar-refractivity contribution in [2.24, 2.45) is 0 Å². The number of likely N-dealkylation sites (tertiary alicyclic amines) is 1. The summed E-state index contributed by atoms with van der Waals surface area (Å²) in [4.78, 5) is 14.9. The fraction of sp³-hybridized carbons (Fsp3) is 0.450. The molecule has 1 aliphatic heterocycles. The van der Waals surface area contributed by atoms with Crippen LogP contribution < -0.4 is 5.32 Å². The van der Waals surface area contributed by atoms with Crippen molar-refractivity contribution in [3.63, 3.8) is 0 Å². The van der Waals surface area contributed by atoms with E-state index >= 15 is 0 Å². The lowest BCUT2D eigenvalue weighted by molar-refractivity contribution is 0.0904. The number of nitrogens with one attached hydrogen (secondary N) is 1. The van der Waals surface area contributed by atoms with Gasteiger partial charge in [0.2, 0.25) is 0 Å². The van der Waals surface area contributed by atoms with Crippen LogP contribution in [0.3, 0.4) is 0 Å². The SMILES string of the molecule is Cc1ccc(C(CNC(=O)c2ccc(Br)o2)N2CCCCCC2)cc1. The Morgan fingerprint density at radius 2 is 1.80 bits per heavy atom. The van der Waals surface area contributed by atoms with E-state index < -0.39 is 0 Å². The standard InChI is InChI=1S/C20H25BrN2O2/c1-15-6-8-16(9-7-15)17(23-12-4-2-3-5-13-23)14-22-20(24)18-10-11-19(21)25-18/h6-11,17H,2-5,12-14H2,1H3,(H,22,24). The molecule has 1 saturated heterocycles. The van der Waals surface area contributed by atoms with Gasteiger partial charge in [0.1, 0.15) is 0 Å². The second kappa shape index (κ2) is 8.68. The van der Waals surface area contributed by atoms with E-state index in [-0.39, 0.29) is 11.9 Å². The Hall–Kier alpha value is -1.59. The van der Waals surface area contributed by atoms with Gasteiger partial charge in [0, 0.05) is 6.54 Å². The number of amides is 1. The van der Waals surface area contributed by atoms with Crippen LogP contribution in [-0.4, -0.2) is 30.4 Å². The first-order chi connectivity index (χ1) is 12.1. The van der Waals surface area contributed by atoms with Crippen LogP contribution in [0.1, 0.15) is 53.4 Å². The zero-order chi connectivity index (χ0) is 17.6. The molecular formula is C20H25BrN2O2. The van der Waals surface area contributed by atoms with E-state index in [2.05, 4.69) is 57.3 Å². The number of rotatable bonds is 5. The summed E-state index contributed by atoms with van der Waals surface area (Å²) in [5, 5.41) is 3.05. The molecule has 2 heterocycles. The molecule has 3 rings (SSSR count). The van der Waals surface area contributed by atoms with E-state index in [4.69, 9.17) is 4.42 Å². The number of carbonyl (C=O) groups excluding carboxylic acids is 1. The van der Waals surface area contributed by atoms with Crippen molar-refractivity contribution in [3.05, 3.63) is 58.0 Å². The number of carbonyl (C=O) groups is 1. The number of hydrogen-bond donors (Lipinski definition) is 1. The van der Waals surface area contributed by atoms with Gasteiger partial charge in [0.15, 0.2) is 10.4 Å². The van der Waals surface area contributed by atoms with Crippen molar-refractivity contribution in [3.8, 4) is 0 Å². The second-order valence-corrected chi connectivity index (χ2v) is 7.47. The number of aryl methyl sites for hydroxylation is 1. The Balaban J connectivity index is 1.73. The molecule has 4 nitrogen and oxygen atoms in total. The lowest BCUT2D eigenvalue weighted by atomic mass is 10.0. The fourth-order valence-electron chi connectivity index (χ4n) is 3.37. The molecule has 134 valence electrons. The Labute approximate surface area is 157 Å². The highest BCUT2D eigenvalue weighted by Crippen LogP contribution is 2.24. The number of hydrogen-bond acceptors (Lipinski definition) is 3. The predicted octanol–water partition coefficient (Wildman–Crippen LogP) is 4.70. The summed E-state index contributed by atoms with van der Waals surface area (Å²) >= 11 is 3.24. The number of benzene rings is 1. The van der Waals surface area contributed by atoms with E-state index in [1.165, 1.54) is 36.8 Å².